The first-order valence-corrected chi connectivity index (χ1v) is 8.27. The number of hydrogen-bond donors (Lipinski definition) is 3. The first-order valence-electron chi connectivity index (χ1n) is 7.39. The van der Waals surface area contributed by atoms with Crippen molar-refractivity contribution in [2.24, 2.45) is 16.9 Å². The van der Waals surface area contributed by atoms with E-state index in [9.17, 15) is 4.79 Å². The van der Waals surface area contributed by atoms with Gasteiger partial charge in [0.05, 0.1) is 12.1 Å². The molecule has 3 N–H and O–H groups in total. The third-order valence-corrected chi connectivity index (χ3v) is 4.96. The maximum absolute atomic E-state index is 11.0. The molecular formula is C16H19N3O2S. The largest absolute Gasteiger partial charge is 0.481 e. The number of hydrazone groups is 1. The Kier molecular flexibility index (Phi) is 4.70. The fourth-order valence-electron chi connectivity index (χ4n) is 2.77. The Hall–Kier alpha value is -1.92. The van der Waals surface area contributed by atoms with Crippen molar-refractivity contribution in [2.45, 2.75) is 6.42 Å². The van der Waals surface area contributed by atoms with E-state index < -0.39 is 5.97 Å². The highest BCUT2D eigenvalue weighted by molar-refractivity contribution is 7.17. The predicted molar refractivity (Wildman–Crippen MR) is 89.5 cm³/mol. The number of hydrogen-bond acceptors (Lipinski definition) is 5. The summed E-state index contributed by atoms with van der Waals surface area (Å²) in [4.78, 5) is 11.0. The number of rotatable bonds is 5. The minimum atomic E-state index is -0.717. The molecule has 0 saturated carbocycles. The van der Waals surface area contributed by atoms with E-state index in [2.05, 4.69) is 33.4 Å². The number of fused-ring (bicyclic) bond motifs is 1. The number of nitrogens with zero attached hydrogens (tertiary/aromatic N) is 1. The molecule has 1 fully saturated rings. The van der Waals surface area contributed by atoms with Gasteiger partial charge in [-0.25, -0.2) is 0 Å². The van der Waals surface area contributed by atoms with Crippen LogP contribution in [0.1, 0.15) is 12.0 Å². The van der Waals surface area contributed by atoms with Gasteiger partial charge in [-0.3, -0.25) is 4.79 Å². The molecule has 5 nitrogen and oxygen atoms in total. The lowest BCUT2D eigenvalue weighted by Gasteiger charge is -2.27. The fraction of sp³-hybridized carbons (Fsp3) is 0.375. The van der Waals surface area contributed by atoms with Crippen molar-refractivity contribution in [2.75, 3.05) is 19.6 Å². The van der Waals surface area contributed by atoms with Crippen LogP contribution in [0.5, 0.6) is 0 Å². The molecule has 0 unspecified atom stereocenters. The summed E-state index contributed by atoms with van der Waals surface area (Å²) in [5.74, 6) is -0.706. The van der Waals surface area contributed by atoms with Crippen molar-refractivity contribution in [1.29, 1.82) is 0 Å². The molecule has 3 rings (SSSR count). The van der Waals surface area contributed by atoms with Gasteiger partial charge in [-0.1, -0.05) is 18.2 Å². The smallest absolute Gasteiger partial charge is 0.307 e. The summed E-state index contributed by atoms with van der Waals surface area (Å²) in [6, 6.07) is 8.26. The summed E-state index contributed by atoms with van der Waals surface area (Å²) in [5.41, 5.74) is 4.17. The summed E-state index contributed by atoms with van der Waals surface area (Å²) in [6.07, 6.45) is 2.54. The molecule has 1 aromatic heterocycles. The van der Waals surface area contributed by atoms with Crippen molar-refractivity contribution < 1.29 is 9.90 Å². The Morgan fingerprint density at radius 2 is 2.32 bits per heavy atom. The number of piperidine rings is 1. The van der Waals surface area contributed by atoms with Gasteiger partial charge in [0.25, 0.3) is 0 Å². The monoisotopic (exact) mass is 317 g/mol. The highest BCUT2D eigenvalue weighted by Crippen LogP contribution is 2.24. The second-order valence-electron chi connectivity index (χ2n) is 5.60. The molecule has 22 heavy (non-hydrogen) atoms. The summed E-state index contributed by atoms with van der Waals surface area (Å²) < 4.78 is 1.25. The molecule has 2 aromatic rings. The first-order chi connectivity index (χ1) is 10.7. The number of aliphatic carboxylic acids is 1. The van der Waals surface area contributed by atoms with Gasteiger partial charge in [0.15, 0.2) is 0 Å². The zero-order valence-electron chi connectivity index (χ0n) is 12.2. The van der Waals surface area contributed by atoms with Crippen molar-refractivity contribution >= 4 is 33.6 Å². The van der Waals surface area contributed by atoms with E-state index in [4.69, 9.17) is 5.11 Å². The third-order valence-electron chi connectivity index (χ3n) is 3.98. The molecule has 0 spiro atoms. The second kappa shape index (κ2) is 6.89. The molecule has 1 aromatic carbocycles. The molecule has 2 atom stereocenters. The average molecular weight is 317 g/mol. The molecule has 6 heteroatoms. The van der Waals surface area contributed by atoms with Gasteiger partial charge in [0.2, 0.25) is 0 Å². The third kappa shape index (κ3) is 3.45. The lowest BCUT2D eigenvalue weighted by atomic mass is 9.91. The maximum Gasteiger partial charge on any atom is 0.307 e. The molecule has 0 aliphatic carbocycles. The molecule has 1 saturated heterocycles. The van der Waals surface area contributed by atoms with Crippen LogP contribution in [0.15, 0.2) is 34.7 Å². The minimum Gasteiger partial charge on any atom is -0.481 e. The first kappa shape index (κ1) is 15.0. The zero-order chi connectivity index (χ0) is 15.4. The number of carboxylic acid groups (broad SMARTS) is 1. The van der Waals surface area contributed by atoms with Crippen molar-refractivity contribution in [3.05, 3.63) is 35.2 Å². The van der Waals surface area contributed by atoms with Gasteiger partial charge in [-0.15, -0.1) is 11.3 Å². The Morgan fingerprint density at radius 1 is 1.45 bits per heavy atom. The molecular weight excluding hydrogens is 298 g/mol. The quantitative estimate of drug-likeness (QED) is 0.583. The zero-order valence-corrected chi connectivity index (χ0v) is 13.0. The van der Waals surface area contributed by atoms with Crippen LogP contribution in [0.4, 0.5) is 0 Å². The molecule has 0 bridgehead atoms. The maximum atomic E-state index is 11.0. The van der Waals surface area contributed by atoms with E-state index in [-0.39, 0.29) is 5.92 Å². The molecule has 1 aliphatic heterocycles. The van der Waals surface area contributed by atoms with Gasteiger partial charge in [-0.2, -0.15) is 5.10 Å². The summed E-state index contributed by atoms with van der Waals surface area (Å²) in [7, 11) is 0. The Balaban J connectivity index is 1.53. The summed E-state index contributed by atoms with van der Waals surface area (Å²) >= 11 is 1.71. The topological polar surface area (TPSA) is 73.7 Å². The van der Waals surface area contributed by atoms with Crippen LogP contribution >= 0.6 is 11.3 Å². The van der Waals surface area contributed by atoms with Crippen molar-refractivity contribution in [3.8, 4) is 0 Å². The Morgan fingerprint density at radius 3 is 3.18 bits per heavy atom. The molecule has 116 valence electrons. The van der Waals surface area contributed by atoms with Crippen LogP contribution in [0, 0.1) is 11.8 Å². The van der Waals surface area contributed by atoms with Gasteiger partial charge in [0, 0.05) is 34.1 Å². The number of benzene rings is 1. The Bertz CT molecular complexity index is 683. The van der Waals surface area contributed by atoms with Crippen LogP contribution in [0.2, 0.25) is 0 Å². The number of carbonyl (C=O) groups is 1. The number of thiophene rings is 1. The molecule has 0 amide bonds. The normalized spacial score (nSPS) is 22.2. The van der Waals surface area contributed by atoms with E-state index in [1.807, 2.05) is 18.3 Å². The minimum absolute atomic E-state index is 0.287. The van der Waals surface area contributed by atoms with Crippen LogP contribution < -0.4 is 10.7 Å². The molecule has 1 aliphatic rings. The highest BCUT2D eigenvalue weighted by Gasteiger charge is 2.26. The van der Waals surface area contributed by atoms with Crippen LogP contribution in [0.25, 0.3) is 10.1 Å². The van der Waals surface area contributed by atoms with Gasteiger partial charge in [0.1, 0.15) is 0 Å². The van der Waals surface area contributed by atoms with Gasteiger partial charge < -0.3 is 15.8 Å². The van der Waals surface area contributed by atoms with E-state index in [0.29, 0.717) is 25.4 Å². The molecule has 0 radical (unpaired) electrons. The summed E-state index contributed by atoms with van der Waals surface area (Å²) in [6.45, 7) is 2.10. The van der Waals surface area contributed by atoms with Crippen LogP contribution in [-0.4, -0.2) is 36.9 Å². The van der Waals surface area contributed by atoms with Crippen LogP contribution in [-0.2, 0) is 4.79 Å². The highest BCUT2D eigenvalue weighted by atomic mass is 32.1. The van der Waals surface area contributed by atoms with E-state index in [1.54, 1.807) is 11.3 Å². The lowest BCUT2D eigenvalue weighted by molar-refractivity contribution is -0.142. The number of carboxylic acids is 1. The van der Waals surface area contributed by atoms with E-state index in [1.165, 1.54) is 10.1 Å². The van der Waals surface area contributed by atoms with Gasteiger partial charge in [-0.05, 0) is 24.9 Å². The number of nitrogens with one attached hydrogen (secondary N) is 2. The molecule has 2 heterocycles. The fourth-order valence-corrected chi connectivity index (χ4v) is 3.68. The standard InChI is InChI=1S/C16H19N3O2S/c20-16(21)12-5-11(6-17-8-12)7-18-19-9-13-10-22-15-4-2-1-3-14(13)15/h1-4,9-12,17-18H,5-8H2,(H,20,21)/b19-9+/t11-,12-/m1/s1. The summed E-state index contributed by atoms with van der Waals surface area (Å²) in [5, 5.41) is 19.8. The Labute approximate surface area is 133 Å². The SMILES string of the molecule is O=C(O)[C@H]1CNC[C@H](CN/N=C/c2csc3ccccc23)C1. The predicted octanol–water partition coefficient (Wildman–Crippen LogP) is 2.14. The van der Waals surface area contributed by atoms with Crippen molar-refractivity contribution in [1.82, 2.24) is 10.7 Å². The second-order valence-corrected chi connectivity index (χ2v) is 6.51. The van der Waals surface area contributed by atoms with Crippen LogP contribution in [0.3, 0.4) is 0 Å². The van der Waals surface area contributed by atoms with E-state index >= 15 is 0 Å². The van der Waals surface area contributed by atoms with Crippen molar-refractivity contribution in [3.63, 3.8) is 0 Å². The van der Waals surface area contributed by atoms with E-state index in [0.717, 1.165) is 12.1 Å². The lowest BCUT2D eigenvalue weighted by Crippen LogP contribution is -2.42. The van der Waals surface area contributed by atoms with Gasteiger partial charge >= 0.3 is 5.97 Å². The average Bonchev–Trinajstić information content (AvgIpc) is 2.95.